The largest absolute Gasteiger partial charge is 0.454 e. The van der Waals surface area contributed by atoms with Crippen LogP contribution in [0.2, 0.25) is 0 Å². The maximum Gasteiger partial charge on any atom is 0.454 e. The van der Waals surface area contributed by atoms with Crippen LogP contribution in [0.15, 0.2) is 29.8 Å². The zero-order chi connectivity index (χ0) is 17.3. The van der Waals surface area contributed by atoms with Gasteiger partial charge in [-0.3, -0.25) is 9.59 Å². The van der Waals surface area contributed by atoms with E-state index in [0.717, 1.165) is 6.92 Å². The number of ketones is 2. The molecule has 0 aliphatic carbocycles. The smallest absolute Gasteiger partial charge is 0.398 e. The summed E-state index contributed by atoms with van der Waals surface area (Å²) in [7, 11) is 0. The van der Waals surface area contributed by atoms with E-state index in [1.807, 2.05) is 0 Å². The molecule has 1 aromatic carbocycles. The zero-order valence-corrected chi connectivity index (χ0v) is 12.8. The highest BCUT2D eigenvalue weighted by atomic mass is 19.4. The molecule has 22 heavy (non-hydrogen) atoms. The van der Waals surface area contributed by atoms with Crippen molar-refractivity contribution in [3.05, 3.63) is 41.0 Å². The fourth-order valence-corrected chi connectivity index (χ4v) is 1.79. The van der Waals surface area contributed by atoms with Gasteiger partial charge >= 0.3 is 6.18 Å². The second-order valence-corrected chi connectivity index (χ2v) is 6.02. The van der Waals surface area contributed by atoms with Gasteiger partial charge in [-0.25, -0.2) is 0 Å². The summed E-state index contributed by atoms with van der Waals surface area (Å²) in [5, 5.41) is 0. The fourth-order valence-electron chi connectivity index (χ4n) is 1.79. The minimum absolute atomic E-state index is 0.0929. The number of Topliss-reactive ketones (excluding diaryl/α,β-unsaturated/α-hetero) is 2. The van der Waals surface area contributed by atoms with E-state index < -0.39 is 22.9 Å². The lowest BCUT2D eigenvalue weighted by Crippen LogP contribution is -2.25. The normalized spacial score (nSPS) is 13.6. The lowest BCUT2D eigenvalue weighted by Gasteiger charge is -2.17. The first-order valence-electron chi connectivity index (χ1n) is 6.59. The highest BCUT2D eigenvalue weighted by Gasteiger charge is 2.40. The summed E-state index contributed by atoms with van der Waals surface area (Å²) in [5.74, 6) is -2.07. The molecule has 120 valence electrons. The minimum atomic E-state index is -4.96. The van der Waals surface area contributed by atoms with Crippen molar-refractivity contribution in [3.8, 4) is 0 Å². The third-order valence-electron chi connectivity index (χ3n) is 3.14. The lowest BCUT2D eigenvalue weighted by atomic mass is 9.86. The number of nitrogens with two attached hydrogens (primary N) is 1. The number of halogens is 3. The summed E-state index contributed by atoms with van der Waals surface area (Å²) in [6.07, 6.45) is -4.96. The summed E-state index contributed by atoms with van der Waals surface area (Å²) in [6, 6.07) is 5.84. The monoisotopic (exact) mass is 313 g/mol. The molecule has 0 heterocycles. The Morgan fingerprint density at radius 1 is 0.955 bits per heavy atom. The quantitative estimate of drug-likeness (QED) is 0.683. The van der Waals surface area contributed by atoms with Gasteiger partial charge in [0.2, 0.25) is 0 Å². The Kier molecular flexibility index (Phi) is 4.85. The van der Waals surface area contributed by atoms with Crippen molar-refractivity contribution in [2.24, 2.45) is 11.1 Å². The Hall–Kier alpha value is -2.11. The van der Waals surface area contributed by atoms with E-state index in [2.05, 4.69) is 0 Å². The first kappa shape index (κ1) is 17.9. The van der Waals surface area contributed by atoms with Crippen molar-refractivity contribution in [3.63, 3.8) is 0 Å². The number of benzene rings is 1. The number of alkyl halides is 3. The third-order valence-corrected chi connectivity index (χ3v) is 3.14. The van der Waals surface area contributed by atoms with Crippen molar-refractivity contribution >= 4 is 17.3 Å². The Bertz CT molecular complexity index is 620. The topological polar surface area (TPSA) is 60.2 Å². The molecule has 0 unspecified atom stereocenters. The Labute approximate surface area is 127 Å². The van der Waals surface area contributed by atoms with Gasteiger partial charge in [0.25, 0.3) is 5.78 Å². The molecule has 0 fully saturated rings. The maximum absolute atomic E-state index is 12.4. The number of rotatable bonds is 3. The lowest BCUT2D eigenvalue weighted by molar-refractivity contribution is -0.166. The fraction of sp³-hybridized carbons (Fsp3) is 0.375. The highest BCUT2D eigenvalue weighted by molar-refractivity contribution is 6.05. The van der Waals surface area contributed by atoms with Crippen LogP contribution in [0.1, 0.15) is 43.6 Å². The molecule has 1 aromatic rings. The van der Waals surface area contributed by atoms with Crippen LogP contribution in [0.4, 0.5) is 13.2 Å². The highest BCUT2D eigenvalue weighted by Crippen LogP contribution is 2.25. The van der Waals surface area contributed by atoms with E-state index in [9.17, 15) is 22.8 Å². The molecule has 0 aromatic heterocycles. The average molecular weight is 313 g/mol. The standard InChI is InChI=1S/C16H18F3NO2/c1-9(13(21)16(17,18)19)12(20)10-5-7-11(8-6-10)14(22)15(2,3)4/h5-8H,20H2,1-4H3. The molecular formula is C16H18F3NO2. The number of hydrogen-bond acceptors (Lipinski definition) is 3. The molecule has 0 bridgehead atoms. The van der Waals surface area contributed by atoms with Crippen LogP contribution < -0.4 is 5.73 Å². The molecule has 0 aliphatic heterocycles. The molecule has 1 rings (SSSR count). The Balaban J connectivity index is 3.15. The number of allylic oxidation sites excluding steroid dienone is 1. The van der Waals surface area contributed by atoms with E-state index in [1.165, 1.54) is 24.3 Å². The van der Waals surface area contributed by atoms with Gasteiger partial charge in [0.05, 0.1) is 0 Å². The molecular weight excluding hydrogens is 295 g/mol. The van der Waals surface area contributed by atoms with Crippen molar-refractivity contribution in [1.29, 1.82) is 0 Å². The molecule has 2 N–H and O–H groups in total. The van der Waals surface area contributed by atoms with Gasteiger partial charge in [0, 0.05) is 22.2 Å². The summed E-state index contributed by atoms with van der Waals surface area (Å²) in [6.45, 7) is 6.33. The molecule has 6 heteroatoms. The van der Waals surface area contributed by atoms with Gasteiger partial charge in [-0.15, -0.1) is 0 Å². The van der Waals surface area contributed by atoms with Crippen LogP contribution in [0.3, 0.4) is 0 Å². The van der Waals surface area contributed by atoms with Gasteiger partial charge in [-0.05, 0) is 12.5 Å². The number of hydrogen-bond donors (Lipinski definition) is 1. The maximum atomic E-state index is 12.4. The number of carbonyl (C=O) groups excluding carboxylic acids is 2. The average Bonchev–Trinajstić information content (AvgIpc) is 2.42. The van der Waals surface area contributed by atoms with Crippen LogP contribution in [-0.4, -0.2) is 17.7 Å². The van der Waals surface area contributed by atoms with E-state index in [1.54, 1.807) is 20.8 Å². The predicted molar refractivity (Wildman–Crippen MR) is 78.1 cm³/mol. The zero-order valence-electron chi connectivity index (χ0n) is 12.8. The minimum Gasteiger partial charge on any atom is -0.398 e. The van der Waals surface area contributed by atoms with Gasteiger partial charge in [-0.1, -0.05) is 45.0 Å². The van der Waals surface area contributed by atoms with Crippen molar-refractivity contribution in [2.45, 2.75) is 33.9 Å². The van der Waals surface area contributed by atoms with Crippen LogP contribution in [-0.2, 0) is 4.79 Å². The molecule has 0 saturated heterocycles. The Morgan fingerprint density at radius 2 is 1.36 bits per heavy atom. The van der Waals surface area contributed by atoms with E-state index in [4.69, 9.17) is 5.73 Å². The van der Waals surface area contributed by atoms with Gasteiger partial charge in [0.15, 0.2) is 5.78 Å². The first-order chi connectivity index (χ1) is 9.85. The second kappa shape index (κ2) is 5.94. The van der Waals surface area contributed by atoms with E-state index in [0.29, 0.717) is 5.56 Å². The summed E-state index contributed by atoms with van der Waals surface area (Å²) in [4.78, 5) is 23.2. The first-order valence-corrected chi connectivity index (χ1v) is 6.59. The van der Waals surface area contributed by atoms with Gasteiger partial charge < -0.3 is 5.73 Å². The van der Waals surface area contributed by atoms with Crippen molar-refractivity contribution in [2.75, 3.05) is 0 Å². The third kappa shape index (κ3) is 3.96. The molecule has 0 amide bonds. The molecule has 0 aliphatic rings. The van der Waals surface area contributed by atoms with Crippen LogP contribution in [0.25, 0.3) is 5.70 Å². The molecule has 0 atom stereocenters. The molecule has 3 nitrogen and oxygen atoms in total. The molecule has 0 saturated carbocycles. The van der Waals surface area contributed by atoms with Crippen molar-refractivity contribution in [1.82, 2.24) is 0 Å². The van der Waals surface area contributed by atoms with Gasteiger partial charge in [0.1, 0.15) is 0 Å². The summed E-state index contributed by atoms with van der Waals surface area (Å²) < 4.78 is 37.2. The second-order valence-electron chi connectivity index (χ2n) is 6.02. The van der Waals surface area contributed by atoms with Crippen LogP contribution in [0.5, 0.6) is 0 Å². The molecule has 0 radical (unpaired) electrons. The van der Waals surface area contributed by atoms with Crippen LogP contribution >= 0.6 is 0 Å². The van der Waals surface area contributed by atoms with E-state index >= 15 is 0 Å². The molecule has 0 spiro atoms. The number of carbonyl (C=O) groups is 2. The Morgan fingerprint density at radius 3 is 1.73 bits per heavy atom. The summed E-state index contributed by atoms with van der Waals surface area (Å²) in [5.41, 5.74) is 4.94. The van der Waals surface area contributed by atoms with E-state index in [-0.39, 0.29) is 17.0 Å². The summed E-state index contributed by atoms with van der Waals surface area (Å²) >= 11 is 0. The van der Waals surface area contributed by atoms with Crippen LogP contribution in [0, 0.1) is 5.41 Å². The van der Waals surface area contributed by atoms with Crippen molar-refractivity contribution < 1.29 is 22.8 Å². The SMILES string of the molecule is CC(C(=O)C(F)(F)F)=C(N)c1ccc(C(=O)C(C)(C)C)cc1. The predicted octanol–water partition coefficient (Wildman–Crippen LogP) is 3.74. The van der Waals surface area contributed by atoms with Gasteiger partial charge in [-0.2, -0.15) is 13.2 Å².